The second-order valence-electron chi connectivity index (χ2n) is 3.03. The minimum atomic E-state index is -0.388. The third kappa shape index (κ3) is 1.48. The zero-order valence-corrected chi connectivity index (χ0v) is 7.91. The number of aromatic nitrogens is 1. The maximum atomic E-state index is 11.0. The second kappa shape index (κ2) is 3.54. The Bertz CT molecular complexity index is 468. The Morgan fingerprint density at radius 3 is 2.64 bits per heavy atom. The zero-order chi connectivity index (χ0) is 9.97. The number of nitrogens with one attached hydrogen (secondary N) is 1. The quantitative estimate of drug-likeness (QED) is 0.787. The largest absolute Gasteiger partial charge is 0.416 e. The average molecular weight is 189 g/mol. The molecular formula is C11H11NO2. The van der Waals surface area contributed by atoms with Crippen LogP contribution in [0.3, 0.4) is 0 Å². The number of rotatable bonds is 2. The lowest BCUT2D eigenvalue weighted by molar-refractivity contribution is 0.474. The van der Waals surface area contributed by atoms with E-state index < -0.39 is 0 Å². The van der Waals surface area contributed by atoms with Crippen molar-refractivity contribution in [3.63, 3.8) is 0 Å². The molecule has 0 aliphatic carbocycles. The molecule has 0 aliphatic heterocycles. The number of oxazole rings is 1. The molecule has 0 unspecified atom stereocenters. The standard InChI is InChI=1S/C11H11NO2/c1-2-9-10(12-11(13)14-9)8-6-4-3-5-7-8/h3-7H,2H2,1H3,(H,12,13). The van der Waals surface area contributed by atoms with E-state index in [0.717, 1.165) is 11.3 Å². The van der Waals surface area contributed by atoms with Crippen molar-refractivity contribution in [3.05, 3.63) is 46.6 Å². The molecule has 1 aromatic carbocycles. The molecule has 72 valence electrons. The minimum Gasteiger partial charge on any atom is -0.412 e. The summed E-state index contributed by atoms with van der Waals surface area (Å²) in [5.74, 6) is 0.321. The van der Waals surface area contributed by atoms with Gasteiger partial charge in [0.1, 0.15) is 5.76 Å². The SMILES string of the molecule is CCc1oc(=O)[nH]c1-c1ccccc1. The molecule has 2 rings (SSSR count). The predicted molar refractivity (Wildman–Crippen MR) is 54.1 cm³/mol. The van der Waals surface area contributed by atoms with Gasteiger partial charge in [0, 0.05) is 12.0 Å². The maximum absolute atomic E-state index is 11.0. The monoisotopic (exact) mass is 189 g/mol. The average Bonchev–Trinajstić information content (AvgIpc) is 2.61. The van der Waals surface area contributed by atoms with E-state index in [4.69, 9.17) is 4.42 Å². The predicted octanol–water partition coefficient (Wildman–Crippen LogP) is 2.20. The zero-order valence-electron chi connectivity index (χ0n) is 7.91. The van der Waals surface area contributed by atoms with Crippen molar-refractivity contribution in [2.45, 2.75) is 13.3 Å². The summed E-state index contributed by atoms with van der Waals surface area (Å²) in [4.78, 5) is 13.7. The van der Waals surface area contributed by atoms with Crippen LogP contribution in [0.15, 0.2) is 39.5 Å². The summed E-state index contributed by atoms with van der Waals surface area (Å²) < 4.78 is 5.01. The summed E-state index contributed by atoms with van der Waals surface area (Å²) in [5, 5.41) is 0. The summed E-state index contributed by atoms with van der Waals surface area (Å²) in [6, 6.07) is 9.69. The fourth-order valence-corrected chi connectivity index (χ4v) is 1.45. The molecule has 0 atom stereocenters. The van der Waals surface area contributed by atoms with Crippen LogP contribution in [0.1, 0.15) is 12.7 Å². The molecule has 2 aromatic rings. The van der Waals surface area contributed by atoms with Crippen molar-refractivity contribution in [2.24, 2.45) is 0 Å². The fraction of sp³-hybridized carbons (Fsp3) is 0.182. The van der Waals surface area contributed by atoms with Crippen molar-refractivity contribution >= 4 is 0 Å². The molecule has 3 nitrogen and oxygen atoms in total. The van der Waals surface area contributed by atoms with Gasteiger partial charge in [-0.25, -0.2) is 4.79 Å². The molecule has 14 heavy (non-hydrogen) atoms. The van der Waals surface area contributed by atoms with E-state index in [-0.39, 0.29) is 5.76 Å². The number of aryl methyl sites for hydroxylation is 1. The molecule has 0 bridgehead atoms. The van der Waals surface area contributed by atoms with Crippen molar-refractivity contribution in [3.8, 4) is 11.3 Å². The van der Waals surface area contributed by atoms with Crippen molar-refractivity contribution in [1.82, 2.24) is 4.98 Å². The topological polar surface area (TPSA) is 46.0 Å². The smallest absolute Gasteiger partial charge is 0.412 e. The molecule has 1 heterocycles. The summed E-state index contributed by atoms with van der Waals surface area (Å²) >= 11 is 0. The Balaban J connectivity index is 2.56. The van der Waals surface area contributed by atoms with Crippen LogP contribution < -0.4 is 5.76 Å². The van der Waals surface area contributed by atoms with Crippen LogP contribution in [-0.4, -0.2) is 4.98 Å². The summed E-state index contributed by atoms with van der Waals surface area (Å²) in [5.41, 5.74) is 1.77. The molecule has 0 saturated carbocycles. The van der Waals surface area contributed by atoms with Crippen LogP contribution in [0.2, 0.25) is 0 Å². The number of hydrogen-bond donors (Lipinski definition) is 1. The van der Waals surface area contributed by atoms with E-state index in [1.807, 2.05) is 37.3 Å². The van der Waals surface area contributed by atoms with Gasteiger partial charge >= 0.3 is 5.76 Å². The first-order chi connectivity index (χ1) is 6.81. The van der Waals surface area contributed by atoms with Crippen molar-refractivity contribution in [2.75, 3.05) is 0 Å². The van der Waals surface area contributed by atoms with Crippen LogP contribution >= 0.6 is 0 Å². The van der Waals surface area contributed by atoms with Crippen LogP contribution in [0.5, 0.6) is 0 Å². The van der Waals surface area contributed by atoms with Gasteiger partial charge in [-0.15, -0.1) is 0 Å². The first-order valence-electron chi connectivity index (χ1n) is 4.58. The van der Waals surface area contributed by atoms with E-state index in [1.54, 1.807) is 0 Å². The van der Waals surface area contributed by atoms with Crippen LogP contribution in [0.25, 0.3) is 11.3 Å². The summed E-state index contributed by atoms with van der Waals surface area (Å²) in [6.07, 6.45) is 0.711. The second-order valence-corrected chi connectivity index (χ2v) is 3.03. The molecular weight excluding hydrogens is 178 g/mol. The highest BCUT2D eigenvalue weighted by Crippen LogP contribution is 2.19. The van der Waals surface area contributed by atoms with Crippen LogP contribution in [0, 0.1) is 0 Å². The van der Waals surface area contributed by atoms with Gasteiger partial charge in [-0.05, 0) is 0 Å². The highest BCUT2D eigenvalue weighted by molar-refractivity contribution is 5.60. The Morgan fingerprint density at radius 1 is 1.29 bits per heavy atom. The number of aromatic amines is 1. The Kier molecular flexibility index (Phi) is 2.23. The molecule has 0 saturated heterocycles. The van der Waals surface area contributed by atoms with E-state index in [1.165, 1.54) is 0 Å². The summed E-state index contributed by atoms with van der Waals surface area (Å²) in [7, 11) is 0. The lowest BCUT2D eigenvalue weighted by atomic mass is 10.1. The highest BCUT2D eigenvalue weighted by Gasteiger charge is 2.08. The number of benzene rings is 1. The minimum absolute atomic E-state index is 0.388. The van der Waals surface area contributed by atoms with Gasteiger partial charge in [-0.2, -0.15) is 0 Å². The molecule has 0 amide bonds. The Hall–Kier alpha value is -1.77. The number of H-pyrrole nitrogens is 1. The lowest BCUT2D eigenvalue weighted by Crippen LogP contribution is -1.94. The molecule has 1 N–H and O–H groups in total. The van der Waals surface area contributed by atoms with Gasteiger partial charge in [0.15, 0.2) is 0 Å². The molecule has 1 aromatic heterocycles. The van der Waals surface area contributed by atoms with Gasteiger partial charge < -0.3 is 4.42 Å². The molecule has 0 radical (unpaired) electrons. The van der Waals surface area contributed by atoms with E-state index in [2.05, 4.69) is 4.98 Å². The van der Waals surface area contributed by atoms with Gasteiger partial charge in [-0.3, -0.25) is 4.98 Å². The van der Waals surface area contributed by atoms with E-state index in [0.29, 0.717) is 12.2 Å². The maximum Gasteiger partial charge on any atom is 0.416 e. The Labute approximate surface area is 81.4 Å². The van der Waals surface area contributed by atoms with E-state index >= 15 is 0 Å². The van der Waals surface area contributed by atoms with Crippen molar-refractivity contribution in [1.29, 1.82) is 0 Å². The number of hydrogen-bond acceptors (Lipinski definition) is 2. The van der Waals surface area contributed by atoms with E-state index in [9.17, 15) is 4.79 Å². The third-order valence-corrected chi connectivity index (χ3v) is 2.11. The van der Waals surface area contributed by atoms with Gasteiger partial charge in [-0.1, -0.05) is 37.3 Å². The molecule has 0 spiro atoms. The first-order valence-corrected chi connectivity index (χ1v) is 4.58. The highest BCUT2D eigenvalue weighted by atomic mass is 16.4. The van der Waals surface area contributed by atoms with Gasteiger partial charge in [0.25, 0.3) is 0 Å². The normalized spacial score (nSPS) is 10.4. The first kappa shape index (κ1) is 8.81. The van der Waals surface area contributed by atoms with Gasteiger partial charge in [0.05, 0.1) is 5.69 Å². The molecule has 0 fully saturated rings. The lowest BCUT2D eigenvalue weighted by Gasteiger charge is -1.97. The third-order valence-electron chi connectivity index (χ3n) is 2.11. The van der Waals surface area contributed by atoms with Crippen LogP contribution in [0.4, 0.5) is 0 Å². The fourth-order valence-electron chi connectivity index (χ4n) is 1.45. The summed E-state index contributed by atoms with van der Waals surface area (Å²) in [6.45, 7) is 1.96. The van der Waals surface area contributed by atoms with Crippen LogP contribution in [-0.2, 0) is 6.42 Å². The molecule has 3 heteroatoms. The van der Waals surface area contributed by atoms with Gasteiger partial charge in [0.2, 0.25) is 0 Å². The molecule has 0 aliphatic rings. The Morgan fingerprint density at radius 2 is 2.00 bits per heavy atom. The van der Waals surface area contributed by atoms with Crippen molar-refractivity contribution < 1.29 is 4.42 Å².